The second-order valence-electron chi connectivity index (χ2n) is 4.18. The first-order chi connectivity index (χ1) is 7.18. The van der Waals surface area contributed by atoms with Crippen molar-refractivity contribution >= 4 is 17.3 Å². The molecule has 0 radical (unpaired) electrons. The van der Waals surface area contributed by atoms with Gasteiger partial charge in [-0.2, -0.15) is 0 Å². The average Bonchev–Trinajstić information content (AvgIpc) is 2.23. The molecule has 3 heteroatoms. The zero-order chi connectivity index (χ0) is 10.8. The summed E-state index contributed by atoms with van der Waals surface area (Å²) in [6.45, 7) is 7.43. The Balaban J connectivity index is 2.24. The zero-order valence-corrected chi connectivity index (χ0v) is 10.0. The standard InChI is InChI=1S/C12H17ClN2/c1-9-3-4-11(7-12(9)13)15-6-5-14-8-10(15)2/h3-4,7,10,14H,5-6,8H2,1-2H3/t10-/m1/s1. The minimum atomic E-state index is 0.539. The smallest absolute Gasteiger partial charge is 0.0455 e. The van der Waals surface area contributed by atoms with Gasteiger partial charge in [0.05, 0.1) is 0 Å². The first-order valence-corrected chi connectivity index (χ1v) is 5.80. The average molecular weight is 225 g/mol. The van der Waals surface area contributed by atoms with Crippen LogP contribution in [0, 0.1) is 6.92 Å². The van der Waals surface area contributed by atoms with Gasteiger partial charge in [-0.25, -0.2) is 0 Å². The molecule has 1 fully saturated rings. The number of rotatable bonds is 1. The maximum Gasteiger partial charge on any atom is 0.0455 e. The normalized spacial score (nSPS) is 21.8. The lowest BCUT2D eigenvalue weighted by atomic mass is 10.1. The molecule has 1 aromatic carbocycles. The number of halogens is 1. The van der Waals surface area contributed by atoms with Gasteiger partial charge in [-0.15, -0.1) is 0 Å². The Labute approximate surface area is 96.2 Å². The van der Waals surface area contributed by atoms with Crippen LogP contribution >= 0.6 is 11.6 Å². The number of anilines is 1. The molecule has 0 spiro atoms. The van der Waals surface area contributed by atoms with Crippen molar-refractivity contribution in [1.29, 1.82) is 0 Å². The molecular formula is C12H17ClN2. The molecule has 2 nitrogen and oxygen atoms in total. The molecule has 1 aromatic rings. The van der Waals surface area contributed by atoms with Crippen LogP contribution in [0.3, 0.4) is 0 Å². The Hall–Kier alpha value is -0.730. The third-order valence-corrected chi connectivity index (χ3v) is 3.40. The fourth-order valence-corrected chi connectivity index (χ4v) is 2.16. The summed E-state index contributed by atoms with van der Waals surface area (Å²) in [5.74, 6) is 0. The van der Waals surface area contributed by atoms with Crippen LogP contribution in [0.1, 0.15) is 12.5 Å². The summed E-state index contributed by atoms with van der Waals surface area (Å²) in [6.07, 6.45) is 0. The zero-order valence-electron chi connectivity index (χ0n) is 9.26. The van der Waals surface area contributed by atoms with E-state index < -0.39 is 0 Å². The number of nitrogens with one attached hydrogen (secondary N) is 1. The van der Waals surface area contributed by atoms with Crippen molar-refractivity contribution < 1.29 is 0 Å². The van der Waals surface area contributed by atoms with Gasteiger partial charge in [0, 0.05) is 36.4 Å². The van der Waals surface area contributed by atoms with E-state index in [1.807, 2.05) is 6.92 Å². The summed E-state index contributed by atoms with van der Waals surface area (Å²) < 4.78 is 0. The second-order valence-corrected chi connectivity index (χ2v) is 4.59. The Bertz CT molecular complexity index is 351. The highest BCUT2D eigenvalue weighted by molar-refractivity contribution is 6.31. The van der Waals surface area contributed by atoms with E-state index >= 15 is 0 Å². The van der Waals surface area contributed by atoms with Crippen molar-refractivity contribution in [2.75, 3.05) is 24.5 Å². The number of nitrogens with zero attached hydrogens (tertiary/aromatic N) is 1. The van der Waals surface area contributed by atoms with Gasteiger partial charge in [-0.05, 0) is 31.5 Å². The molecule has 0 amide bonds. The Morgan fingerprint density at radius 3 is 2.93 bits per heavy atom. The molecular weight excluding hydrogens is 208 g/mol. The lowest BCUT2D eigenvalue weighted by Crippen LogP contribution is -2.49. The quantitative estimate of drug-likeness (QED) is 0.789. The summed E-state index contributed by atoms with van der Waals surface area (Å²) in [5.41, 5.74) is 2.38. The number of aryl methyl sites for hydroxylation is 1. The van der Waals surface area contributed by atoms with Crippen molar-refractivity contribution in [2.24, 2.45) is 0 Å². The maximum absolute atomic E-state index is 6.14. The molecule has 0 aromatic heterocycles. The lowest BCUT2D eigenvalue weighted by molar-refractivity contribution is 0.501. The molecule has 0 bridgehead atoms. The predicted octanol–water partition coefficient (Wildman–Crippen LogP) is 2.45. The number of piperazine rings is 1. The summed E-state index contributed by atoms with van der Waals surface area (Å²) in [5, 5.41) is 4.25. The van der Waals surface area contributed by atoms with E-state index in [9.17, 15) is 0 Å². The molecule has 1 N–H and O–H groups in total. The summed E-state index contributed by atoms with van der Waals surface area (Å²) >= 11 is 6.14. The molecule has 1 aliphatic heterocycles. The van der Waals surface area contributed by atoms with E-state index in [0.717, 1.165) is 30.2 Å². The topological polar surface area (TPSA) is 15.3 Å². The maximum atomic E-state index is 6.14. The van der Waals surface area contributed by atoms with Crippen molar-refractivity contribution in [2.45, 2.75) is 19.9 Å². The highest BCUT2D eigenvalue weighted by atomic mass is 35.5. The van der Waals surface area contributed by atoms with E-state index in [0.29, 0.717) is 6.04 Å². The SMILES string of the molecule is Cc1ccc(N2CCNC[C@H]2C)cc1Cl. The Morgan fingerprint density at radius 2 is 2.27 bits per heavy atom. The van der Waals surface area contributed by atoms with Crippen LogP contribution < -0.4 is 10.2 Å². The van der Waals surface area contributed by atoms with E-state index in [1.165, 1.54) is 5.69 Å². The fourth-order valence-electron chi connectivity index (χ4n) is 1.99. The van der Waals surface area contributed by atoms with Gasteiger partial charge in [-0.1, -0.05) is 17.7 Å². The van der Waals surface area contributed by atoms with Crippen LogP contribution in [0.5, 0.6) is 0 Å². The first-order valence-electron chi connectivity index (χ1n) is 5.42. The molecule has 0 saturated carbocycles. The molecule has 1 atom stereocenters. The minimum Gasteiger partial charge on any atom is -0.366 e. The van der Waals surface area contributed by atoms with Gasteiger partial charge in [0.2, 0.25) is 0 Å². The van der Waals surface area contributed by atoms with E-state index in [2.05, 4.69) is 35.3 Å². The van der Waals surface area contributed by atoms with Crippen LogP contribution in [0.15, 0.2) is 18.2 Å². The van der Waals surface area contributed by atoms with Crippen LogP contribution in [0.2, 0.25) is 5.02 Å². The Morgan fingerprint density at radius 1 is 1.47 bits per heavy atom. The highest BCUT2D eigenvalue weighted by Crippen LogP contribution is 2.24. The van der Waals surface area contributed by atoms with Crippen LogP contribution in [-0.2, 0) is 0 Å². The van der Waals surface area contributed by atoms with E-state index in [4.69, 9.17) is 11.6 Å². The number of benzene rings is 1. The third-order valence-electron chi connectivity index (χ3n) is 2.99. The molecule has 1 heterocycles. The Kier molecular flexibility index (Phi) is 3.17. The summed E-state index contributed by atoms with van der Waals surface area (Å²) in [6, 6.07) is 6.85. The van der Waals surface area contributed by atoms with Crippen molar-refractivity contribution in [3.63, 3.8) is 0 Å². The van der Waals surface area contributed by atoms with Gasteiger partial charge in [0.25, 0.3) is 0 Å². The van der Waals surface area contributed by atoms with Gasteiger partial charge >= 0.3 is 0 Å². The van der Waals surface area contributed by atoms with Crippen molar-refractivity contribution in [3.8, 4) is 0 Å². The van der Waals surface area contributed by atoms with Crippen molar-refractivity contribution in [1.82, 2.24) is 5.32 Å². The molecule has 1 saturated heterocycles. The van der Waals surface area contributed by atoms with Crippen LogP contribution in [-0.4, -0.2) is 25.7 Å². The summed E-state index contributed by atoms with van der Waals surface area (Å²) in [4.78, 5) is 2.40. The third kappa shape index (κ3) is 2.27. The van der Waals surface area contributed by atoms with E-state index in [-0.39, 0.29) is 0 Å². The van der Waals surface area contributed by atoms with Crippen LogP contribution in [0.25, 0.3) is 0 Å². The lowest BCUT2D eigenvalue weighted by Gasteiger charge is -2.36. The monoisotopic (exact) mass is 224 g/mol. The number of hydrogen-bond donors (Lipinski definition) is 1. The fraction of sp³-hybridized carbons (Fsp3) is 0.500. The molecule has 82 valence electrons. The second kappa shape index (κ2) is 4.42. The molecule has 0 unspecified atom stereocenters. The van der Waals surface area contributed by atoms with Gasteiger partial charge < -0.3 is 10.2 Å². The largest absolute Gasteiger partial charge is 0.366 e. The van der Waals surface area contributed by atoms with E-state index in [1.54, 1.807) is 0 Å². The molecule has 15 heavy (non-hydrogen) atoms. The first kappa shape index (κ1) is 10.8. The molecule has 1 aliphatic rings. The highest BCUT2D eigenvalue weighted by Gasteiger charge is 2.18. The van der Waals surface area contributed by atoms with Crippen molar-refractivity contribution in [3.05, 3.63) is 28.8 Å². The summed E-state index contributed by atoms with van der Waals surface area (Å²) in [7, 11) is 0. The van der Waals surface area contributed by atoms with Gasteiger partial charge in [0.15, 0.2) is 0 Å². The predicted molar refractivity (Wildman–Crippen MR) is 65.9 cm³/mol. The van der Waals surface area contributed by atoms with Crippen LogP contribution in [0.4, 0.5) is 5.69 Å². The molecule has 0 aliphatic carbocycles. The minimum absolute atomic E-state index is 0.539. The van der Waals surface area contributed by atoms with Gasteiger partial charge in [-0.3, -0.25) is 0 Å². The van der Waals surface area contributed by atoms with Gasteiger partial charge in [0.1, 0.15) is 0 Å². The molecule has 2 rings (SSSR count). The number of hydrogen-bond acceptors (Lipinski definition) is 2.